The Morgan fingerprint density at radius 3 is 2.57 bits per heavy atom. The normalized spacial score (nSPS) is 15.2. The number of piperidine rings is 1. The summed E-state index contributed by atoms with van der Waals surface area (Å²) in [4.78, 5) is 15.3. The summed E-state index contributed by atoms with van der Waals surface area (Å²) in [5.74, 6) is 0.630. The van der Waals surface area contributed by atoms with Crippen LogP contribution in [0.15, 0.2) is 35.3 Å². The zero-order valence-corrected chi connectivity index (χ0v) is 12.2. The molecule has 0 atom stereocenters. The van der Waals surface area contributed by atoms with Crippen LogP contribution in [0.3, 0.4) is 0 Å². The summed E-state index contributed by atoms with van der Waals surface area (Å²) in [5, 5.41) is 9.67. The van der Waals surface area contributed by atoms with Crippen LogP contribution in [-0.2, 0) is 0 Å². The lowest BCUT2D eigenvalue weighted by atomic mass is 10.1. The first kappa shape index (κ1) is 15.5. The lowest BCUT2D eigenvalue weighted by Crippen LogP contribution is -2.34. The first-order valence-electron chi connectivity index (χ1n) is 6.71. The molecule has 112 valence electrons. The second-order valence-corrected chi connectivity index (χ2v) is 4.76. The van der Waals surface area contributed by atoms with Gasteiger partial charge in [-0.2, -0.15) is 5.10 Å². The number of aromatic nitrogens is 3. The van der Waals surface area contributed by atoms with Gasteiger partial charge in [0.1, 0.15) is 6.10 Å². The van der Waals surface area contributed by atoms with Crippen molar-refractivity contribution < 1.29 is 4.74 Å². The van der Waals surface area contributed by atoms with Crippen molar-refractivity contribution >= 4 is 12.4 Å². The lowest BCUT2D eigenvalue weighted by Gasteiger charge is -2.23. The lowest BCUT2D eigenvalue weighted by molar-refractivity contribution is 0.156. The topological polar surface area (TPSA) is 79.9 Å². The standard InChI is InChI=1S/C14H16N4O2.ClH/c19-13-3-2-12(17-18-13)10-1-4-14(16-9-10)20-11-5-7-15-8-6-11;/h1-4,9,11,15H,5-8H2,(H,18,19);1H. The Hall–Kier alpha value is -1.92. The first-order valence-corrected chi connectivity index (χ1v) is 6.71. The summed E-state index contributed by atoms with van der Waals surface area (Å²) in [6.45, 7) is 1.98. The van der Waals surface area contributed by atoms with Gasteiger partial charge < -0.3 is 10.1 Å². The van der Waals surface area contributed by atoms with E-state index in [-0.39, 0.29) is 24.1 Å². The average molecular weight is 309 g/mol. The van der Waals surface area contributed by atoms with E-state index >= 15 is 0 Å². The number of halogens is 1. The fraction of sp³-hybridized carbons (Fsp3) is 0.357. The highest BCUT2D eigenvalue weighted by molar-refractivity contribution is 5.85. The molecule has 3 heterocycles. The molecule has 0 unspecified atom stereocenters. The Morgan fingerprint density at radius 1 is 1.14 bits per heavy atom. The van der Waals surface area contributed by atoms with Crippen LogP contribution in [0.2, 0.25) is 0 Å². The van der Waals surface area contributed by atoms with Gasteiger partial charge in [0.25, 0.3) is 5.56 Å². The van der Waals surface area contributed by atoms with E-state index in [1.165, 1.54) is 6.07 Å². The van der Waals surface area contributed by atoms with Gasteiger partial charge in [-0.1, -0.05) is 0 Å². The fourth-order valence-electron chi connectivity index (χ4n) is 2.19. The SMILES string of the molecule is Cl.O=c1ccc(-c2ccc(OC3CCNCC3)nc2)n[nH]1. The molecule has 1 saturated heterocycles. The van der Waals surface area contributed by atoms with Gasteiger partial charge in [0.2, 0.25) is 5.88 Å². The minimum atomic E-state index is -0.215. The van der Waals surface area contributed by atoms with Crippen molar-refractivity contribution in [1.29, 1.82) is 0 Å². The third-order valence-electron chi connectivity index (χ3n) is 3.28. The molecule has 2 aromatic heterocycles. The van der Waals surface area contributed by atoms with Crippen LogP contribution in [0.25, 0.3) is 11.3 Å². The van der Waals surface area contributed by atoms with Crippen molar-refractivity contribution in [2.24, 2.45) is 0 Å². The molecule has 21 heavy (non-hydrogen) atoms. The van der Waals surface area contributed by atoms with Crippen molar-refractivity contribution in [3.05, 3.63) is 40.8 Å². The third kappa shape index (κ3) is 4.03. The summed E-state index contributed by atoms with van der Waals surface area (Å²) in [6, 6.07) is 6.85. The molecule has 0 radical (unpaired) electrons. The largest absolute Gasteiger partial charge is 0.474 e. The summed E-state index contributed by atoms with van der Waals surface area (Å²) >= 11 is 0. The van der Waals surface area contributed by atoms with Crippen LogP contribution in [0.5, 0.6) is 5.88 Å². The third-order valence-corrected chi connectivity index (χ3v) is 3.28. The molecular weight excluding hydrogens is 292 g/mol. The Balaban J connectivity index is 0.00000161. The zero-order chi connectivity index (χ0) is 13.8. The minimum absolute atomic E-state index is 0. The van der Waals surface area contributed by atoms with Crippen LogP contribution >= 0.6 is 12.4 Å². The molecule has 2 aromatic rings. The minimum Gasteiger partial charge on any atom is -0.474 e. The molecule has 0 bridgehead atoms. The van der Waals surface area contributed by atoms with Gasteiger partial charge in [-0.15, -0.1) is 12.4 Å². The number of aromatic amines is 1. The summed E-state index contributed by atoms with van der Waals surface area (Å²) in [6.07, 6.45) is 3.95. The van der Waals surface area contributed by atoms with Gasteiger partial charge >= 0.3 is 0 Å². The highest BCUT2D eigenvalue weighted by atomic mass is 35.5. The van der Waals surface area contributed by atoms with Crippen molar-refractivity contribution in [2.75, 3.05) is 13.1 Å². The van der Waals surface area contributed by atoms with Crippen LogP contribution in [0.4, 0.5) is 0 Å². The van der Waals surface area contributed by atoms with E-state index in [1.807, 2.05) is 12.1 Å². The fourth-order valence-corrected chi connectivity index (χ4v) is 2.19. The van der Waals surface area contributed by atoms with Crippen LogP contribution in [0.1, 0.15) is 12.8 Å². The average Bonchev–Trinajstić information content (AvgIpc) is 2.50. The Kier molecular flexibility index (Phi) is 5.30. The molecule has 1 aliphatic rings. The van der Waals surface area contributed by atoms with Crippen LogP contribution < -0.4 is 15.6 Å². The van der Waals surface area contributed by atoms with Gasteiger partial charge in [0.15, 0.2) is 0 Å². The molecule has 0 aliphatic carbocycles. The first-order chi connectivity index (χ1) is 9.81. The smallest absolute Gasteiger partial charge is 0.264 e. The molecule has 0 aromatic carbocycles. The van der Waals surface area contributed by atoms with E-state index in [0.717, 1.165) is 31.5 Å². The number of pyridine rings is 1. The summed E-state index contributed by atoms with van der Waals surface area (Å²) in [5.41, 5.74) is 1.32. The van der Waals surface area contributed by atoms with Crippen LogP contribution in [-0.4, -0.2) is 34.4 Å². The second-order valence-electron chi connectivity index (χ2n) is 4.76. The number of rotatable bonds is 3. The van der Waals surface area contributed by atoms with Crippen molar-refractivity contribution in [3.8, 4) is 17.1 Å². The predicted molar refractivity (Wildman–Crippen MR) is 81.9 cm³/mol. The van der Waals surface area contributed by atoms with Gasteiger partial charge in [-0.25, -0.2) is 10.1 Å². The van der Waals surface area contributed by atoms with Crippen molar-refractivity contribution in [3.63, 3.8) is 0 Å². The molecule has 0 saturated carbocycles. The van der Waals surface area contributed by atoms with E-state index in [4.69, 9.17) is 4.74 Å². The Labute approximate surface area is 128 Å². The number of nitrogens with one attached hydrogen (secondary N) is 2. The number of hydrogen-bond donors (Lipinski definition) is 2. The monoisotopic (exact) mass is 308 g/mol. The maximum absolute atomic E-state index is 11.0. The maximum Gasteiger partial charge on any atom is 0.264 e. The Bertz CT molecular complexity index is 603. The van der Waals surface area contributed by atoms with Gasteiger partial charge in [0.05, 0.1) is 5.69 Å². The van der Waals surface area contributed by atoms with E-state index in [0.29, 0.717) is 11.6 Å². The molecule has 1 aliphatic heterocycles. The summed E-state index contributed by atoms with van der Waals surface area (Å²) in [7, 11) is 0. The highest BCUT2D eigenvalue weighted by Gasteiger charge is 2.14. The van der Waals surface area contributed by atoms with Gasteiger partial charge in [0, 0.05) is 23.9 Å². The van der Waals surface area contributed by atoms with Gasteiger partial charge in [-0.3, -0.25) is 4.79 Å². The van der Waals surface area contributed by atoms with Gasteiger partial charge in [-0.05, 0) is 38.1 Å². The highest BCUT2D eigenvalue weighted by Crippen LogP contribution is 2.19. The number of ether oxygens (including phenoxy) is 1. The second kappa shape index (κ2) is 7.19. The quantitative estimate of drug-likeness (QED) is 0.895. The molecule has 0 spiro atoms. The van der Waals surface area contributed by atoms with E-state index in [9.17, 15) is 4.79 Å². The number of nitrogens with zero attached hydrogens (tertiary/aromatic N) is 2. The Morgan fingerprint density at radius 2 is 1.95 bits per heavy atom. The molecule has 3 rings (SSSR count). The molecule has 1 fully saturated rings. The number of hydrogen-bond acceptors (Lipinski definition) is 5. The molecule has 2 N–H and O–H groups in total. The molecule has 6 nitrogen and oxygen atoms in total. The molecule has 7 heteroatoms. The van der Waals surface area contributed by atoms with Crippen molar-refractivity contribution in [1.82, 2.24) is 20.5 Å². The van der Waals surface area contributed by atoms with Crippen molar-refractivity contribution in [2.45, 2.75) is 18.9 Å². The van der Waals surface area contributed by atoms with E-state index in [2.05, 4.69) is 20.5 Å². The maximum atomic E-state index is 11.0. The zero-order valence-electron chi connectivity index (χ0n) is 11.4. The van der Waals surface area contributed by atoms with Crippen LogP contribution in [0, 0.1) is 0 Å². The molecule has 0 amide bonds. The predicted octanol–water partition coefficient (Wildman–Crippen LogP) is 1.38. The summed E-state index contributed by atoms with van der Waals surface area (Å²) < 4.78 is 5.84. The number of H-pyrrole nitrogens is 1. The molecular formula is C14H17ClN4O2. The van der Waals surface area contributed by atoms with E-state index in [1.54, 1.807) is 12.3 Å². The van der Waals surface area contributed by atoms with E-state index < -0.39 is 0 Å².